The Morgan fingerprint density at radius 2 is 1.37 bits per heavy atom. The van der Waals surface area contributed by atoms with Gasteiger partial charge in [-0.25, -0.2) is 4.98 Å². The minimum Gasteiger partial charge on any atom is -0.362 e. The summed E-state index contributed by atoms with van der Waals surface area (Å²) in [5, 5.41) is 9.16. The van der Waals surface area contributed by atoms with Crippen molar-refractivity contribution in [3.63, 3.8) is 0 Å². The number of hydrogen-bond donors (Lipinski definition) is 2. The molecule has 1 aliphatic carbocycles. The van der Waals surface area contributed by atoms with Crippen molar-refractivity contribution in [2.24, 2.45) is 0 Å². The molecule has 0 bridgehead atoms. The van der Waals surface area contributed by atoms with Crippen LogP contribution in [0.2, 0.25) is 10.0 Å². The number of amides is 1. The second-order valence-corrected chi connectivity index (χ2v) is 10.9. The Bertz CT molecular complexity index is 1360. The van der Waals surface area contributed by atoms with E-state index in [2.05, 4.69) is 10.6 Å². The van der Waals surface area contributed by atoms with Gasteiger partial charge in [-0.2, -0.15) is 4.98 Å². The molecule has 1 amide bonds. The molecule has 0 aliphatic heterocycles. The maximum atomic E-state index is 13.6. The maximum absolute atomic E-state index is 13.6. The lowest BCUT2D eigenvalue weighted by Crippen LogP contribution is -2.42. The lowest BCUT2D eigenvalue weighted by Gasteiger charge is -2.31. The molecule has 1 heterocycles. The van der Waals surface area contributed by atoms with Crippen molar-refractivity contribution in [1.82, 2.24) is 15.3 Å². The molecule has 1 aliphatic rings. The summed E-state index contributed by atoms with van der Waals surface area (Å²) in [5.41, 5.74) is 2.72. The fourth-order valence-electron chi connectivity index (χ4n) is 5.12. The first-order valence-electron chi connectivity index (χ1n) is 12.9. The minimum absolute atomic E-state index is 0.0143. The predicted molar refractivity (Wildman–Crippen MR) is 156 cm³/mol. The third kappa shape index (κ3) is 6.03. The lowest BCUT2D eigenvalue weighted by atomic mass is 9.88. The number of aromatic nitrogens is 2. The van der Waals surface area contributed by atoms with Crippen LogP contribution in [-0.2, 0) is 4.79 Å². The summed E-state index contributed by atoms with van der Waals surface area (Å²) >= 11 is 12.2. The van der Waals surface area contributed by atoms with E-state index in [9.17, 15) is 4.79 Å². The quantitative estimate of drug-likeness (QED) is 0.270. The van der Waals surface area contributed by atoms with E-state index >= 15 is 0 Å². The van der Waals surface area contributed by atoms with Gasteiger partial charge in [0, 0.05) is 41.6 Å². The first-order valence-corrected chi connectivity index (χ1v) is 13.6. The van der Waals surface area contributed by atoms with Crippen LogP contribution in [0, 0.1) is 0 Å². The smallest absolute Gasteiger partial charge is 0.232 e. The zero-order valence-electron chi connectivity index (χ0n) is 21.5. The molecule has 2 N–H and O–H groups in total. The van der Waals surface area contributed by atoms with Crippen LogP contribution >= 0.6 is 23.2 Å². The normalized spacial score (nSPS) is 17.4. The number of para-hydroxylation sites is 1. The van der Waals surface area contributed by atoms with E-state index in [1.165, 1.54) is 0 Å². The molecule has 4 aromatic rings. The van der Waals surface area contributed by atoms with E-state index in [1.807, 2.05) is 91.8 Å². The minimum atomic E-state index is -0.434. The summed E-state index contributed by atoms with van der Waals surface area (Å²) < 4.78 is 0. The summed E-state index contributed by atoms with van der Waals surface area (Å²) in [7, 11) is 3.99. The highest BCUT2D eigenvalue weighted by Crippen LogP contribution is 2.30. The molecule has 0 atom stereocenters. The monoisotopic (exact) mass is 547 g/mol. The van der Waals surface area contributed by atoms with E-state index in [4.69, 9.17) is 33.2 Å². The van der Waals surface area contributed by atoms with Gasteiger partial charge in [-0.3, -0.25) is 4.79 Å². The van der Waals surface area contributed by atoms with Crippen molar-refractivity contribution >= 4 is 51.8 Å². The van der Waals surface area contributed by atoms with Crippen LogP contribution in [0.15, 0.2) is 72.8 Å². The van der Waals surface area contributed by atoms with E-state index < -0.39 is 5.92 Å². The maximum Gasteiger partial charge on any atom is 0.232 e. The first kappa shape index (κ1) is 26.3. The molecule has 5 rings (SSSR count). The van der Waals surface area contributed by atoms with Crippen LogP contribution in [0.25, 0.3) is 10.9 Å². The molecule has 196 valence electrons. The molecule has 0 saturated heterocycles. The van der Waals surface area contributed by atoms with Gasteiger partial charge in [0.15, 0.2) is 0 Å². The SMILES string of the molecule is CN(C)c1nc(NC2CCC(NC(=O)C(c3ccc(Cl)cc3)c3ccc(Cl)cc3)CC2)nc2ccccc12. The van der Waals surface area contributed by atoms with Crippen LogP contribution in [0.1, 0.15) is 42.7 Å². The van der Waals surface area contributed by atoms with Crippen molar-refractivity contribution in [3.05, 3.63) is 94.0 Å². The number of carbonyl (C=O) groups excluding carboxylic acids is 1. The van der Waals surface area contributed by atoms with Crippen LogP contribution in [0.5, 0.6) is 0 Å². The molecule has 1 saturated carbocycles. The molecule has 0 spiro atoms. The average Bonchev–Trinajstić information content (AvgIpc) is 2.91. The summed E-state index contributed by atoms with van der Waals surface area (Å²) in [6, 6.07) is 23.3. The number of halogens is 2. The van der Waals surface area contributed by atoms with E-state index in [0.29, 0.717) is 16.0 Å². The Morgan fingerprint density at radius 3 is 1.95 bits per heavy atom. The van der Waals surface area contributed by atoms with Gasteiger partial charge >= 0.3 is 0 Å². The standard InChI is InChI=1S/C30H31Cl2N5O/c1-37(2)28-25-5-3-4-6-26(25)35-30(36-28)34-24-17-15-23(16-18-24)33-29(38)27(19-7-11-21(31)12-8-19)20-9-13-22(32)14-10-20/h3-14,23-24,27H,15-18H2,1-2H3,(H,33,38)(H,34,35,36). The van der Waals surface area contributed by atoms with Gasteiger partial charge in [0.1, 0.15) is 5.82 Å². The Kier molecular flexibility index (Phi) is 8.01. The number of hydrogen-bond acceptors (Lipinski definition) is 5. The third-order valence-electron chi connectivity index (χ3n) is 7.08. The van der Waals surface area contributed by atoms with Gasteiger partial charge in [-0.1, -0.05) is 59.6 Å². The molecule has 1 aromatic heterocycles. The van der Waals surface area contributed by atoms with Crippen LogP contribution in [-0.4, -0.2) is 42.1 Å². The summed E-state index contributed by atoms with van der Waals surface area (Å²) in [6.07, 6.45) is 3.60. The van der Waals surface area contributed by atoms with Gasteiger partial charge in [0.05, 0.1) is 11.4 Å². The number of carbonyl (C=O) groups is 1. The number of nitrogens with one attached hydrogen (secondary N) is 2. The highest BCUT2D eigenvalue weighted by Gasteiger charge is 2.28. The number of fused-ring (bicyclic) bond motifs is 1. The third-order valence-corrected chi connectivity index (χ3v) is 7.59. The second kappa shape index (κ2) is 11.6. The average molecular weight is 549 g/mol. The van der Waals surface area contributed by atoms with Crippen LogP contribution < -0.4 is 15.5 Å². The zero-order chi connectivity index (χ0) is 26.6. The number of benzene rings is 3. The van der Waals surface area contributed by atoms with E-state index in [-0.39, 0.29) is 18.0 Å². The Hall–Kier alpha value is -3.35. The molecule has 1 fully saturated rings. The summed E-state index contributed by atoms with van der Waals surface area (Å²) in [6.45, 7) is 0. The highest BCUT2D eigenvalue weighted by atomic mass is 35.5. The first-order chi connectivity index (χ1) is 18.4. The number of anilines is 2. The summed E-state index contributed by atoms with van der Waals surface area (Å²) in [4.78, 5) is 25.1. The number of nitrogens with zero attached hydrogens (tertiary/aromatic N) is 3. The molecule has 6 nitrogen and oxygen atoms in total. The van der Waals surface area contributed by atoms with Crippen molar-refractivity contribution in [3.8, 4) is 0 Å². The Morgan fingerprint density at radius 1 is 0.816 bits per heavy atom. The van der Waals surface area contributed by atoms with Gasteiger partial charge in [-0.15, -0.1) is 0 Å². The lowest BCUT2D eigenvalue weighted by molar-refractivity contribution is -0.122. The van der Waals surface area contributed by atoms with Gasteiger partial charge in [0.25, 0.3) is 0 Å². The molecule has 3 aromatic carbocycles. The molecular formula is C30H31Cl2N5O. The van der Waals surface area contributed by atoms with E-state index in [1.54, 1.807) is 0 Å². The van der Waals surface area contributed by atoms with Crippen LogP contribution in [0.4, 0.5) is 11.8 Å². The van der Waals surface area contributed by atoms with Gasteiger partial charge < -0.3 is 15.5 Å². The fraction of sp³-hybridized carbons (Fsp3) is 0.300. The molecular weight excluding hydrogens is 517 g/mol. The van der Waals surface area contributed by atoms with Gasteiger partial charge in [-0.05, 0) is 73.2 Å². The summed E-state index contributed by atoms with van der Waals surface area (Å²) in [5.74, 6) is 1.09. The topological polar surface area (TPSA) is 70.2 Å². The van der Waals surface area contributed by atoms with Crippen molar-refractivity contribution in [2.75, 3.05) is 24.3 Å². The largest absolute Gasteiger partial charge is 0.362 e. The molecule has 0 radical (unpaired) electrons. The fourth-order valence-corrected chi connectivity index (χ4v) is 5.37. The molecule has 38 heavy (non-hydrogen) atoms. The predicted octanol–water partition coefficient (Wildman–Crippen LogP) is 6.67. The molecule has 8 heteroatoms. The van der Waals surface area contributed by atoms with Crippen molar-refractivity contribution in [2.45, 2.75) is 43.7 Å². The molecule has 0 unspecified atom stereocenters. The Labute approximate surface area is 233 Å². The number of rotatable bonds is 7. The highest BCUT2D eigenvalue weighted by molar-refractivity contribution is 6.30. The Balaban J connectivity index is 1.25. The van der Waals surface area contributed by atoms with Crippen LogP contribution in [0.3, 0.4) is 0 Å². The second-order valence-electron chi connectivity index (χ2n) is 10.0. The van der Waals surface area contributed by atoms with E-state index in [0.717, 1.165) is 53.5 Å². The van der Waals surface area contributed by atoms with Crippen molar-refractivity contribution < 1.29 is 4.79 Å². The zero-order valence-corrected chi connectivity index (χ0v) is 23.0. The van der Waals surface area contributed by atoms with Crippen molar-refractivity contribution in [1.29, 1.82) is 0 Å². The van der Waals surface area contributed by atoms with Gasteiger partial charge in [0.2, 0.25) is 11.9 Å².